The van der Waals surface area contributed by atoms with Crippen LogP contribution in [-0.2, 0) is 6.42 Å². The van der Waals surface area contributed by atoms with Crippen molar-refractivity contribution in [1.29, 1.82) is 0 Å². The van der Waals surface area contributed by atoms with Gasteiger partial charge in [0.25, 0.3) is 0 Å². The number of fused-ring (bicyclic) bond motifs is 1. The van der Waals surface area contributed by atoms with Gasteiger partial charge < -0.3 is 10.1 Å². The van der Waals surface area contributed by atoms with Crippen molar-refractivity contribution in [3.05, 3.63) is 48.0 Å². The molecule has 3 rings (SSSR count). The first kappa shape index (κ1) is 12.1. The van der Waals surface area contributed by atoms with Crippen LogP contribution in [-0.4, -0.2) is 12.6 Å². The van der Waals surface area contributed by atoms with Crippen molar-refractivity contribution in [3.8, 4) is 16.9 Å². The summed E-state index contributed by atoms with van der Waals surface area (Å²) in [7, 11) is 0. The molecule has 2 aromatic carbocycles. The van der Waals surface area contributed by atoms with Crippen LogP contribution < -0.4 is 10.1 Å². The molecule has 1 heterocycles. The van der Waals surface area contributed by atoms with E-state index in [9.17, 15) is 0 Å². The minimum atomic E-state index is 0.366. The average molecular weight is 253 g/mol. The Balaban J connectivity index is 1.94. The lowest BCUT2D eigenvalue weighted by Crippen LogP contribution is -2.28. The number of ether oxygens (including phenoxy) is 1. The zero-order valence-corrected chi connectivity index (χ0v) is 11.4. The summed E-state index contributed by atoms with van der Waals surface area (Å²) in [6.45, 7) is 5.04. The summed E-state index contributed by atoms with van der Waals surface area (Å²) < 4.78 is 5.70. The Bertz CT molecular complexity index is 574. The summed E-state index contributed by atoms with van der Waals surface area (Å²) in [5.74, 6) is 0.951. The van der Waals surface area contributed by atoms with Crippen molar-refractivity contribution >= 4 is 5.69 Å². The summed E-state index contributed by atoms with van der Waals surface area (Å²) in [6, 6.07) is 15.5. The van der Waals surface area contributed by atoms with E-state index in [4.69, 9.17) is 4.74 Å². The molecule has 98 valence electrons. The monoisotopic (exact) mass is 253 g/mol. The lowest BCUT2D eigenvalue weighted by molar-refractivity contribution is 0.292. The molecular formula is C17H19NO. The third kappa shape index (κ3) is 2.43. The van der Waals surface area contributed by atoms with E-state index in [0.717, 1.165) is 24.5 Å². The number of anilines is 1. The van der Waals surface area contributed by atoms with E-state index in [2.05, 4.69) is 61.6 Å². The van der Waals surface area contributed by atoms with Crippen LogP contribution in [0.4, 0.5) is 5.69 Å². The van der Waals surface area contributed by atoms with Gasteiger partial charge in [0.2, 0.25) is 0 Å². The number of hydrogen-bond acceptors (Lipinski definition) is 2. The van der Waals surface area contributed by atoms with Crippen molar-refractivity contribution in [2.75, 3.05) is 11.9 Å². The third-order valence-electron chi connectivity index (χ3n) is 3.57. The van der Waals surface area contributed by atoms with Crippen LogP contribution in [0, 0.1) is 0 Å². The molecule has 0 aromatic heterocycles. The SMILES string of the molecule is CCc1ccc(-c2ccc3c(c2)NC(C)CO3)cc1. The second kappa shape index (κ2) is 4.96. The molecule has 1 unspecified atom stereocenters. The Labute approximate surface area is 114 Å². The third-order valence-corrected chi connectivity index (χ3v) is 3.57. The highest BCUT2D eigenvalue weighted by Gasteiger charge is 2.15. The number of aryl methyl sites for hydroxylation is 1. The molecule has 19 heavy (non-hydrogen) atoms. The Hall–Kier alpha value is -1.96. The summed E-state index contributed by atoms with van der Waals surface area (Å²) in [5.41, 5.74) is 4.94. The average Bonchev–Trinajstić information content (AvgIpc) is 2.46. The molecule has 1 aliphatic rings. The first-order chi connectivity index (χ1) is 9.26. The normalized spacial score (nSPS) is 17.3. The minimum Gasteiger partial charge on any atom is -0.489 e. The van der Waals surface area contributed by atoms with Gasteiger partial charge in [-0.2, -0.15) is 0 Å². The molecule has 0 spiro atoms. The predicted octanol–water partition coefficient (Wildman–Crippen LogP) is 4.11. The van der Waals surface area contributed by atoms with Crippen LogP contribution in [0.15, 0.2) is 42.5 Å². The lowest BCUT2D eigenvalue weighted by Gasteiger charge is -2.25. The van der Waals surface area contributed by atoms with Gasteiger partial charge in [0.1, 0.15) is 12.4 Å². The lowest BCUT2D eigenvalue weighted by atomic mass is 10.0. The van der Waals surface area contributed by atoms with Gasteiger partial charge in [-0.1, -0.05) is 37.3 Å². The first-order valence-electron chi connectivity index (χ1n) is 6.89. The zero-order valence-electron chi connectivity index (χ0n) is 11.4. The molecule has 1 N–H and O–H groups in total. The van der Waals surface area contributed by atoms with Gasteiger partial charge in [0.15, 0.2) is 0 Å². The van der Waals surface area contributed by atoms with E-state index in [1.165, 1.54) is 16.7 Å². The Morgan fingerprint density at radius 2 is 1.84 bits per heavy atom. The van der Waals surface area contributed by atoms with Crippen LogP contribution in [0.5, 0.6) is 5.75 Å². The Morgan fingerprint density at radius 3 is 2.58 bits per heavy atom. The highest BCUT2D eigenvalue weighted by Crippen LogP contribution is 2.33. The molecule has 0 bridgehead atoms. The van der Waals surface area contributed by atoms with Crippen molar-refractivity contribution < 1.29 is 4.74 Å². The molecule has 0 radical (unpaired) electrons. The van der Waals surface area contributed by atoms with Crippen molar-refractivity contribution in [2.45, 2.75) is 26.3 Å². The minimum absolute atomic E-state index is 0.366. The van der Waals surface area contributed by atoms with Gasteiger partial charge in [0.05, 0.1) is 11.7 Å². The quantitative estimate of drug-likeness (QED) is 0.869. The molecule has 0 aliphatic carbocycles. The van der Waals surface area contributed by atoms with Crippen LogP contribution in [0.3, 0.4) is 0 Å². The van der Waals surface area contributed by atoms with Crippen molar-refractivity contribution in [3.63, 3.8) is 0 Å². The van der Waals surface area contributed by atoms with Gasteiger partial charge >= 0.3 is 0 Å². The molecule has 0 amide bonds. The van der Waals surface area contributed by atoms with Crippen molar-refractivity contribution in [1.82, 2.24) is 0 Å². The molecule has 0 saturated carbocycles. The maximum Gasteiger partial charge on any atom is 0.142 e. The van der Waals surface area contributed by atoms with Gasteiger partial charge in [-0.3, -0.25) is 0 Å². The zero-order chi connectivity index (χ0) is 13.2. The predicted molar refractivity (Wildman–Crippen MR) is 79.8 cm³/mol. The van der Waals surface area contributed by atoms with Crippen molar-refractivity contribution in [2.24, 2.45) is 0 Å². The highest BCUT2D eigenvalue weighted by atomic mass is 16.5. The molecular weight excluding hydrogens is 234 g/mol. The van der Waals surface area contributed by atoms with Crippen LogP contribution in [0.1, 0.15) is 19.4 Å². The fourth-order valence-electron chi connectivity index (χ4n) is 2.40. The van der Waals surface area contributed by atoms with Gasteiger partial charge in [-0.05, 0) is 42.2 Å². The molecule has 1 aliphatic heterocycles. The summed E-state index contributed by atoms with van der Waals surface area (Å²) in [6.07, 6.45) is 1.08. The summed E-state index contributed by atoms with van der Waals surface area (Å²) in [5, 5.41) is 3.47. The fourth-order valence-corrected chi connectivity index (χ4v) is 2.40. The number of rotatable bonds is 2. The summed E-state index contributed by atoms with van der Waals surface area (Å²) in [4.78, 5) is 0. The molecule has 2 heteroatoms. The van der Waals surface area contributed by atoms with Crippen LogP contribution >= 0.6 is 0 Å². The first-order valence-corrected chi connectivity index (χ1v) is 6.89. The smallest absolute Gasteiger partial charge is 0.142 e. The second-order valence-corrected chi connectivity index (χ2v) is 5.12. The van der Waals surface area contributed by atoms with Gasteiger partial charge in [-0.15, -0.1) is 0 Å². The van der Waals surface area contributed by atoms with E-state index in [1.807, 2.05) is 0 Å². The molecule has 2 nitrogen and oxygen atoms in total. The molecule has 2 aromatic rings. The van der Waals surface area contributed by atoms with E-state index in [1.54, 1.807) is 0 Å². The number of nitrogens with one attached hydrogen (secondary N) is 1. The number of benzene rings is 2. The highest BCUT2D eigenvalue weighted by molar-refractivity contribution is 5.72. The molecule has 0 fully saturated rings. The Kier molecular flexibility index (Phi) is 3.16. The molecule has 0 saturated heterocycles. The van der Waals surface area contributed by atoms with Crippen LogP contribution in [0.2, 0.25) is 0 Å². The van der Waals surface area contributed by atoms with Gasteiger partial charge in [-0.25, -0.2) is 0 Å². The van der Waals surface area contributed by atoms with E-state index in [-0.39, 0.29) is 0 Å². The maximum absolute atomic E-state index is 5.70. The maximum atomic E-state index is 5.70. The number of hydrogen-bond donors (Lipinski definition) is 1. The van der Waals surface area contributed by atoms with E-state index >= 15 is 0 Å². The van der Waals surface area contributed by atoms with E-state index < -0.39 is 0 Å². The fraction of sp³-hybridized carbons (Fsp3) is 0.294. The molecule has 1 atom stereocenters. The Morgan fingerprint density at radius 1 is 1.11 bits per heavy atom. The van der Waals surface area contributed by atoms with Crippen LogP contribution in [0.25, 0.3) is 11.1 Å². The standard InChI is InChI=1S/C17H19NO/c1-3-13-4-6-14(7-5-13)15-8-9-17-16(10-15)18-12(2)11-19-17/h4-10,12,18H,3,11H2,1-2H3. The van der Waals surface area contributed by atoms with Gasteiger partial charge in [0, 0.05) is 0 Å². The summed E-state index contributed by atoms with van der Waals surface area (Å²) >= 11 is 0. The largest absolute Gasteiger partial charge is 0.489 e. The van der Waals surface area contributed by atoms with E-state index in [0.29, 0.717) is 6.04 Å². The second-order valence-electron chi connectivity index (χ2n) is 5.12. The topological polar surface area (TPSA) is 21.3 Å².